The third kappa shape index (κ3) is 4.73. The summed E-state index contributed by atoms with van der Waals surface area (Å²) in [5.41, 5.74) is 1.33. The van der Waals surface area contributed by atoms with E-state index < -0.39 is 0 Å². The monoisotopic (exact) mass is 545 g/mol. The molecule has 2 bridgehead atoms. The van der Waals surface area contributed by atoms with Crippen LogP contribution >= 0.6 is 11.6 Å². The molecule has 10 heteroatoms. The SMILES string of the molecule is CN(C)CC1(COc2nc(N3CC4CCC(C3)N4)c3cnc(-c4cc(O)cc5cccc(Cl)c45)nc3n2)CC1. The van der Waals surface area contributed by atoms with Crippen LogP contribution in [0.4, 0.5) is 5.82 Å². The largest absolute Gasteiger partial charge is 0.508 e. The predicted octanol–water partition coefficient (Wildman–Crippen LogP) is 4.26. The average molecular weight is 546 g/mol. The van der Waals surface area contributed by atoms with E-state index in [4.69, 9.17) is 36.3 Å². The van der Waals surface area contributed by atoms with Crippen LogP contribution < -0.4 is 15.0 Å². The summed E-state index contributed by atoms with van der Waals surface area (Å²) in [5.74, 6) is 1.39. The van der Waals surface area contributed by atoms with Gasteiger partial charge in [-0.05, 0) is 63.4 Å². The molecule has 2 aliphatic heterocycles. The van der Waals surface area contributed by atoms with E-state index >= 15 is 0 Å². The highest BCUT2D eigenvalue weighted by Crippen LogP contribution is 2.46. The Morgan fingerprint density at radius 2 is 1.92 bits per heavy atom. The number of anilines is 1. The van der Waals surface area contributed by atoms with Gasteiger partial charge in [0.2, 0.25) is 0 Å². The molecule has 2 unspecified atom stereocenters. The van der Waals surface area contributed by atoms with Gasteiger partial charge in [-0.2, -0.15) is 9.97 Å². The molecule has 4 heterocycles. The highest BCUT2D eigenvalue weighted by atomic mass is 35.5. The number of piperazine rings is 1. The number of aromatic nitrogens is 4. The molecule has 0 amide bonds. The molecule has 2 aromatic heterocycles. The second-order valence-electron chi connectivity index (χ2n) is 11.7. The summed E-state index contributed by atoms with van der Waals surface area (Å²) in [6.07, 6.45) is 6.43. The number of aromatic hydroxyl groups is 1. The topological polar surface area (TPSA) is 99.5 Å². The summed E-state index contributed by atoms with van der Waals surface area (Å²) in [6.45, 7) is 3.31. The zero-order chi connectivity index (χ0) is 26.7. The lowest BCUT2D eigenvalue weighted by molar-refractivity contribution is 0.183. The summed E-state index contributed by atoms with van der Waals surface area (Å²) in [7, 11) is 4.19. The quantitative estimate of drug-likeness (QED) is 0.353. The van der Waals surface area contributed by atoms with Crippen molar-refractivity contribution in [1.82, 2.24) is 30.2 Å². The number of rotatable bonds is 7. The molecule has 2 N–H and O–H groups in total. The molecular formula is C29H32ClN7O2. The second-order valence-corrected chi connectivity index (χ2v) is 12.1. The summed E-state index contributed by atoms with van der Waals surface area (Å²) in [4.78, 5) is 23.8. The molecule has 1 saturated carbocycles. The summed E-state index contributed by atoms with van der Waals surface area (Å²) >= 11 is 6.59. The molecule has 2 aromatic carbocycles. The number of nitrogens with one attached hydrogen (secondary N) is 1. The zero-order valence-electron chi connectivity index (χ0n) is 22.2. The summed E-state index contributed by atoms with van der Waals surface area (Å²) in [5, 5.41) is 17.1. The van der Waals surface area contributed by atoms with Crippen LogP contribution in [0.25, 0.3) is 33.2 Å². The van der Waals surface area contributed by atoms with Crippen molar-refractivity contribution in [2.24, 2.45) is 5.41 Å². The first-order chi connectivity index (χ1) is 18.9. The number of hydrogen-bond donors (Lipinski definition) is 2. The van der Waals surface area contributed by atoms with Gasteiger partial charge in [-0.3, -0.25) is 0 Å². The fraction of sp³-hybridized carbons (Fsp3) is 0.448. The molecular weight excluding hydrogens is 514 g/mol. The Kier molecular flexibility index (Phi) is 5.98. The van der Waals surface area contributed by atoms with Gasteiger partial charge in [0.05, 0.1) is 12.0 Å². The van der Waals surface area contributed by atoms with E-state index in [9.17, 15) is 5.11 Å². The van der Waals surface area contributed by atoms with Crippen LogP contribution in [0.5, 0.6) is 11.8 Å². The van der Waals surface area contributed by atoms with Crippen molar-refractivity contribution in [1.29, 1.82) is 0 Å². The number of halogens is 1. The number of nitrogens with zero attached hydrogens (tertiary/aromatic N) is 6. The lowest BCUT2D eigenvalue weighted by Gasteiger charge is -2.34. The van der Waals surface area contributed by atoms with Crippen molar-refractivity contribution < 1.29 is 9.84 Å². The number of benzene rings is 2. The van der Waals surface area contributed by atoms with Gasteiger partial charge in [-0.15, -0.1) is 0 Å². The lowest BCUT2D eigenvalue weighted by atomic mass is 10.0. The van der Waals surface area contributed by atoms with Crippen LogP contribution in [0.1, 0.15) is 25.7 Å². The fourth-order valence-corrected chi connectivity index (χ4v) is 6.53. The van der Waals surface area contributed by atoms with E-state index in [0.29, 0.717) is 46.8 Å². The first-order valence-electron chi connectivity index (χ1n) is 13.6. The number of hydrogen-bond acceptors (Lipinski definition) is 9. The Morgan fingerprint density at radius 3 is 2.67 bits per heavy atom. The van der Waals surface area contributed by atoms with Gasteiger partial charge >= 0.3 is 6.01 Å². The van der Waals surface area contributed by atoms with Gasteiger partial charge in [0.1, 0.15) is 11.6 Å². The van der Waals surface area contributed by atoms with Gasteiger partial charge in [-0.1, -0.05) is 23.7 Å². The van der Waals surface area contributed by atoms with E-state index in [1.54, 1.807) is 18.3 Å². The van der Waals surface area contributed by atoms with E-state index in [1.807, 2.05) is 18.2 Å². The maximum Gasteiger partial charge on any atom is 0.320 e. The molecule has 9 nitrogen and oxygen atoms in total. The van der Waals surface area contributed by atoms with Crippen molar-refractivity contribution in [2.75, 3.05) is 45.2 Å². The van der Waals surface area contributed by atoms with Crippen LogP contribution in [0.2, 0.25) is 5.02 Å². The minimum Gasteiger partial charge on any atom is -0.508 e. The first kappa shape index (κ1) is 24.7. The molecule has 0 spiro atoms. The number of phenols is 1. The van der Waals surface area contributed by atoms with E-state index in [-0.39, 0.29) is 11.2 Å². The van der Waals surface area contributed by atoms with Crippen LogP contribution in [-0.2, 0) is 0 Å². The highest BCUT2D eigenvalue weighted by molar-refractivity contribution is 6.36. The van der Waals surface area contributed by atoms with Crippen LogP contribution in [0, 0.1) is 5.41 Å². The zero-order valence-corrected chi connectivity index (χ0v) is 22.9. The average Bonchev–Trinajstić information content (AvgIpc) is 3.59. The molecule has 3 aliphatic rings. The van der Waals surface area contributed by atoms with Crippen molar-refractivity contribution in [2.45, 2.75) is 37.8 Å². The number of phenolic OH excluding ortho intramolecular Hbond substituents is 1. The summed E-state index contributed by atoms with van der Waals surface area (Å²) < 4.78 is 6.28. The number of ether oxygens (including phenoxy) is 1. The van der Waals surface area contributed by atoms with Crippen molar-refractivity contribution in [3.8, 4) is 23.1 Å². The van der Waals surface area contributed by atoms with Gasteiger partial charge in [0, 0.05) is 59.3 Å². The van der Waals surface area contributed by atoms with Crippen LogP contribution in [0.3, 0.4) is 0 Å². The fourth-order valence-electron chi connectivity index (χ4n) is 6.24. The van der Waals surface area contributed by atoms with Crippen LogP contribution in [0.15, 0.2) is 36.5 Å². The Balaban J connectivity index is 1.32. The third-order valence-electron chi connectivity index (χ3n) is 8.20. The van der Waals surface area contributed by atoms with Crippen LogP contribution in [-0.4, -0.2) is 82.4 Å². The Labute approximate surface area is 232 Å². The highest BCUT2D eigenvalue weighted by Gasteiger charge is 2.44. The number of fused-ring (bicyclic) bond motifs is 4. The van der Waals surface area contributed by atoms with E-state index in [0.717, 1.165) is 54.5 Å². The van der Waals surface area contributed by atoms with E-state index in [2.05, 4.69) is 29.2 Å². The normalized spacial score (nSPS) is 21.7. The molecule has 7 rings (SSSR count). The molecule has 2 saturated heterocycles. The minimum absolute atomic E-state index is 0.128. The lowest BCUT2D eigenvalue weighted by Crippen LogP contribution is -2.51. The predicted molar refractivity (Wildman–Crippen MR) is 153 cm³/mol. The Bertz CT molecular complexity index is 1560. The van der Waals surface area contributed by atoms with Gasteiger partial charge in [0.25, 0.3) is 0 Å². The molecule has 4 aromatic rings. The third-order valence-corrected chi connectivity index (χ3v) is 8.51. The smallest absolute Gasteiger partial charge is 0.320 e. The van der Waals surface area contributed by atoms with Gasteiger partial charge in [0.15, 0.2) is 11.5 Å². The van der Waals surface area contributed by atoms with Gasteiger partial charge in [-0.25, -0.2) is 9.97 Å². The van der Waals surface area contributed by atoms with E-state index in [1.165, 1.54) is 12.8 Å². The molecule has 1 aliphatic carbocycles. The molecule has 0 radical (unpaired) electrons. The Morgan fingerprint density at radius 1 is 1.13 bits per heavy atom. The van der Waals surface area contributed by atoms with Crippen molar-refractivity contribution >= 4 is 39.2 Å². The van der Waals surface area contributed by atoms with Gasteiger partial charge < -0.3 is 25.0 Å². The second kappa shape index (κ2) is 9.43. The summed E-state index contributed by atoms with van der Waals surface area (Å²) in [6, 6.07) is 10.2. The molecule has 202 valence electrons. The Hall–Kier alpha value is -3.27. The molecule has 39 heavy (non-hydrogen) atoms. The minimum atomic E-state index is 0.128. The molecule has 3 fully saturated rings. The molecule has 2 atom stereocenters. The standard InChI is InChI=1S/C29H32ClN7O2/c1-36(2)15-29(8-9-29)16-39-28-34-26-22(27(35-28)37-13-18-6-7-19(14-37)32-18)12-31-25(33-26)21-11-20(38)10-17-4-3-5-23(30)24(17)21/h3-5,10-12,18-19,32,38H,6-9,13-16H2,1-2H3. The van der Waals surface area contributed by atoms with Crippen molar-refractivity contribution in [3.05, 3.63) is 41.6 Å². The maximum atomic E-state index is 10.4. The first-order valence-corrected chi connectivity index (χ1v) is 14.0. The van der Waals surface area contributed by atoms with Crippen molar-refractivity contribution in [3.63, 3.8) is 0 Å². The maximum absolute atomic E-state index is 10.4.